The van der Waals surface area contributed by atoms with E-state index in [-0.39, 0.29) is 38.5 Å². The lowest BCUT2D eigenvalue weighted by Crippen LogP contribution is -2.60. The summed E-state index contributed by atoms with van der Waals surface area (Å²) in [7, 11) is -2.35. The number of halogens is 1. The molecule has 3 atom stereocenters. The molecule has 3 aliphatic heterocycles. The van der Waals surface area contributed by atoms with E-state index in [1.165, 1.54) is 43.9 Å². The van der Waals surface area contributed by atoms with Gasteiger partial charge in [-0.1, -0.05) is 18.6 Å². The van der Waals surface area contributed by atoms with Crippen LogP contribution in [-0.4, -0.2) is 101 Å². The van der Waals surface area contributed by atoms with Gasteiger partial charge in [-0.2, -0.15) is 0 Å². The van der Waals surface area contributed by atoms with Gasteiger partial charge < -0.3 is 29.9 Å². The molecule has 0 unspecified atom stereocenters. The predicted octanol–water partition coefficient (Wildman–Crippen LogP) is 5.67. The SMILES string of the molecule is COC(=O)N[C@H]1CCC[C@@H]1[C@](CN1CCC1)(c1cccc(F)c1)C1CCN(CC2CN(c3ccc(S(=O)(=O)c4ccc(C(=O)O)cc4)cc3)C2)CC1. The Balaban J connectivity index is 0.997. The van der Waals surface area contributed by atoms with Crippen molar-refractivity contribution in [2.45, 2.75) is 59.8 Å². The number of nitrogens with one attached hydrogen (secondary N) is 1. The molecule has 0 spiro atoms. The van der Waals surface area contributed by atoms with Crippen molar-refractivity contribution in [2.75, 3.05) is 64.4 Å². The van der Waals surface area contributed by atoms with Crippen LogP contribution in [0.3, 0.4) is 0 Å². The van der Waals surface area contributed by atoms with Crippen LogP contribution in [-0.2, 0) is 20.0 Å². The number of carboxylic acids is 1. The number of piperidine rings is 1. The Morgan fingerprint density at radius 1 is 0.885 bits per heavy atom. The van der Waals surface area contributed by atoms with Crippen LogP contribution in [0.2, 0.25) is 0 Å². The van der Waals surface area contributed by atoms with Crippen molar-refractivity contribution >= 4 is 27.6 Å². The lowest BCUT2D eigenvalue weighted by molar-refractivity contribution is 0.0223. The Bertz CT molecular complexity index is 1840. The average molecular weight is 733 g/mol. The molecule has 278 valence electrons. The third-order valence-electron chi connectivity index (χ3n) is 12.2. The maximum absolute atomic E-state index is 15.0. The molecule has 4 aliphatic rings. The fraction of sp³-hybridized carbons (Fsp3) is 0.500. The summed E-state index contributed by atoms with van der Waals surface area (Å²) in [5, 5.41) is 12.3. The molecule has 1 amide bonds. The Hall–Kier alpha value is -4.00. The maximum Gasteiger partial charge on any atom is 0.407 e. The second-order valence-electron chi connectivity index (χ2n) is 15.1. The molecule has 2 N–H and O–H groups in total. The minimum atomic E-state index is -3.76. The third kappa shape index (κ3) is 7.30. The number of amides is 1. The van der Waals surface area contributed by atoms with Crippen LogP contribution >= 0.6 is 0 Å². The van der Waals surface area contributed by atoms with E-state index >= 15 is 0 Å². The molecule has 1 aliphatic carbocycles. The fourth-order valence-corrected chi connectivity index (χ4v) is 10.6. The van der Waals surface area contributed by atoms with E-state index in [1.54, 1.807) is 18.2 Å². The lowest BCUT2D eigenvalue weighted by atomic mass is 9.57. The third-order valence-corrected chi connectivity index (χ3v) is 14.0. The van der Waals surface area contributed by atoms with E-state index < -0.39 is 21.9 Å². The largest absolute Gasteiger partial charge is 0.478 e. The first-order valence-corrected chi connectivity index (χ1v) is 20.0. The number of benzene rings is 3. The average Bonchev–Trinajstić information content (AvgIpc) is 3.58. The van der Waals surface area contributed by atoms with E-state index in [1.807, 2.05) is 18.2 Å². The van der Waals surface area contributed by atoms with Gasteiger partial charge in [-0.3, -0.25) is 0 Å². The van der Waals surface area contributed by atoms with E-state index in [4.69, 9.17) is 9.84 Å². The minimum Gasteiger partial charge on any atom is -0.478 e. The van der Waals surface area contributed by atoms with Gasteiger partial charge in [-0.15, -0.1) is 0 Å². The van der Waals surface area contributed by atoms with Crippen molar-refractivity contribution in [1.29, 1.82) is 0 Å². The zero-order valence-electron chi connectivity index (χ0n) is 29.8. The van der Waals surface area contributed by atoms with Crippen molar-refractivity contribution in [3.63, 3.8) is 0 Å². The van der Waals surface area contributed by atoms with Crippen LogP contribution in [0.4, 0.5) is 14.9 Å². The summed E-state index contributed by atoms with van der Waals surface area (Å²) in [5.41, 5.74) is 1.79. The van der Waals surface area contributed by atoms with Crippen LogP contribution in [0.1, 0.15) is 54.4 Å². The van der Waals surface area contributed by atoms with Gasteiger partial charge in [0.05, 0.1) is 22.5 Å². The van der Waals surface area contributed by atoms with Gasteiger partial charge >= 0.3 is 12.1 Å². The molecule has 7 rings (SSSR count). The van der Waals surface area contributed by atoms with Gasteiger partial charge in [-0.25, -0.2) is 22.4 Å². The molecule has 1 saturated carbocycles. The molecule has 3 saturated heterocycles. The second-order valence-corrected chi connectivity index (χ2v) is 17.1. The van der Waals surface area contributed by atoms with Crippen molar-refractivity contribution in [2.24, 2.45) is 17.8 Å². The Kier molecular flexibility index (Phi) is 10.6. The normalized spacial score (nSPS) is 23.0. The lowest BCUT2D eigenvalue weighted by Gasteiger charge is -2.54. The number of ether oxygens (including phenoxy) is 1. The van der Waals surface area contributed by atoms with Gasteiger partial charge in [0.15, 0.2) is 0 Å². The van der Waals surface area contributed by atoms with Gasteiger partial charge in [0.25, 0.3) is 0 Å². The number of sulfone groups is 1. The van der Waals surface area contributed by atoms with E-state index in [0.29, 0.717) is 11.8 Å². The van der Waals surface area contributed by atoms with E-state index in [0.717, 1.165) is 95.7 Å². The van der Waals surface area contributed by atoms with E-state index in [9.17, 15) is 22.4 Å². The number of anilines is 1. The molecule has 0 bridgehead atoms. The predicted molar refractivity (Wildman–Crippen MR) is 196 cm³/mol. The number of carboxylic acid groups (broad SMARTS) is 1. The van der Waals surface area contributed by atoms with Crippen LogP contribution < -0.4 is 10.2 Å². The number of nitrogens with zero attached hydrogens (tertiary/aromatic N) is 3. The van der Waals surface area contributed by atoms with Crippen LogP contribution in [0.25, 0.3) is 0 Å². The first-order valence-electron chi connectivity index (χ1n) is 18.6. The highest BCUT2D eigenvalue weighted by atomic mass is 32.2. The molecular weight excluding hydrogens is 684 g/mol. The first kappa shape index (κ1) is 36.4. The van der Waals surface area contributed by atoms with Crippen LogP contribution in [0, 0.1) is 23.6 Å². The maximum atomic E-state index is 15.0. The summed E-state index contributed by atoms with van der Waals surface area (Å²) in [6, 6.07) is 19.4. The number of aromatic carboxylic acids is 1. The molecular formula is C40H49FN4O6S. The highest BCUT2D eigenvalue weighted by molar-refractivity contribution is 7.91. The summed E-state index contributed by atoms with van der Waals surface area (Å²) in [5.74, 6) is -0.278. The first-order chi connectivity index (χ1) is 25.1. The summed E-state index contributed by atoms with van der Waals surface area (Å²) in [4.78, 5) is 31.2. The zero-order valence-corrected chi connectivity index (χ0v) is 30.6. The number of hydrogen-bond acceptors (Lipinski definition) is 8. The molecule has 12 heteroatoms. The van der Waals surface area contributed by atoms with Crippen molar-refractivity contribution in [1.82, 2.24) is 15.1 Å². The van der Waals surface area contributed by atoms with Gasteiger partial charge in [0.2, 0.25) is 9.84 Å². The topological polar surface area (TPSA) is 119 Å². The number of carbonyl (C=O) groups is 2. The quantitative estimate of drug-likeness (QED) is 0.243. The number of methoxy groups -OCH3 is 1. The highest BCUT2D eigenvalue weighted by Gasteiger charge is 2.53. The zero-order chi connectivity index (χ0) is 36.5. The Morgan fingerprint density at radius 3 is 2.15 bits per heavy atom. The summed E-state index contributed by atoms with van der Waals surface area (Å²) in [6.07, 6.45) is 5.71. The number of carbonyl (C=O) groups excluding carboxylic acids is 1. The van der Waals surface area contributed by atoms with Gasteiger partial charge in [-0.05, 0) is 136 Å². The minimum absolute atomic E-state index is 0.0180. The molecule has 4 fully saturated rings. The fourth-order valence-electron chi connectivity index (χ4n) is 9.38. The van der Waals surface area contributed by atoms with Crippen molar-refractivity contribution in [3.8, 4) is 0 Å². The monoisotopic (exact) mass is 732 g/mol. The number of hydrogen-bond donors (Lipinski definition) is 2. The summed E-state index contributed by atoms with van der Waals surface area (Å²) in [6.45, 7) is 7.71. The second kappa shape index (κ2) is 15.2. The molecule has 3 aromatic carbocycles. The molecule has 0 aromatic heterocycles. The standard InChI is InChI=1S/C40H49FN4O6S/c1-51-39(48)42-37-8-3-7-36(37)40(27-44-19-4-20-44,31-5-2-6-32(41)23-31)30-17-21-43(22-18-30)24-28-25-45(26-28)33-11-15-35(16-12-33)52(49,50)34-13-9-29(10-14-34)38(46)47/h2,5-6,9-16,23,28,30,36-37H,3-4,7-8,17-22,24-27H2,1H3,(H,42,48)(H,46,47)/t36-,37-,40-/m0/s1. The number of likely N-dealkylation sites (tertiary alicyclic amines) is 2. The summed E-state index contributed by atoms with van der Waals surface area (Å²) < 4.78 is 46.3. The smallest absolute Gasteiger partial charge is 0.407 e. The highest BCUT2D eigenvalue weighted by Crippen LogP contribution is 2.51. The molecule has 3 heterocycles. The molecule has 3 aromatic rings. The van der Waals surface area contributed by atoms with E-state index in [2.05, 4.69) is 26.1 Å². The van der Waals surface area contributed by atoms with Crippen LogP contribution in [0.15, 0.2) is 82.6 Å². The van der Waals surface area contributed by atoms with Crippen molar-refractivity contribution in [3.05, 3.63) is 89.7 Å². The number of alkyl carbamates (subject to hydrolysis) is 1. The number of rotatable bonds is 12. The van der Waals surface area contributed by atoms with Crippen LogP contribution in [0.5, 0.6) is 0 Å². The molecule has 0 radical (unpaired) electrons. The molecule has 52 heavy (non-hydrogen) atoms. The van der Waals surface area contributed by atoms with Crippen molar-refractivity contribution < 1.29 is 32.2 Å². The Labute approximate surface area is 305 Å². The molecule has 10 nitrogen and oxygen atoms in total. The van der Waals surface area contributed by atoms with Gasteiger partial charge in [0.1, 0.15) is 5.82 Å². The Morgan fingerprint density at radius 2 is 1.56 bits per heavy atom. The summed E-state index contributed by atoms with van der Waals surface area (Å²) >= 11 is 0. The van der Waals surface area contributed by atoms with Gasteiger partial charge in [0, 0.05) is 49.2 Å².